The van der Waals surface area contributed by atoms with Crippen LogP contribution in [0.15, 0.2) is 17.4 Å². The molecule has 0 saturated heterocycles. The second-order valence-electron chi connectivity index (χ2n) is 1.68. The van der Waals surface area contributed by atoms with Gasteiger partial charge in [0.2, 0.25) is 0 Å². The van der Waals surface area contributed by atoms with E-state index in [2.05, 4.69) is 21.7 Å². The second-order valence-corrected chi connectivity index (χ2v) is 2.03. The first kappa shape index (κ1) is 7.15. The number of aliphatic imine (C=N–C) groups is 1. The molecule has 1 aromatic rings. The summed E-state index contributed by atoms with van der Waals surface area (Å²) in [6.45, 7) is 3.74. The van der Waals surface area contributed by atoms with Crippen LogP contribution in [-0.4, -0.2) is 16.7 Å². The summed E-state index contributed by atoms with van der Waals surface area (Å²) < 4.78 is 0. The largest absolute Gasteiger partial charge is 0.294 e. The molecule has 0 bridgehead atoms. The van der Waals surface area contributed by atoms with Gasteiger partial charge in [-0.2, -0.15) is 0 Å². The van der Waals surface area contributed by atoms with Gasteiger partial charge in [0.05, 0.1) is 12.2 Å². The molecule has 4 heteroatoms. The first-order chi connectivity index (χ1) is 4.84. The molecule has 3 nitrogen and oxygen atoms in total. The lowest BCUT2D eigenvalue weighted by Crippen LogP contribution is -1.89. The van der Waals surface area contributed by atoms with Gasteiger partial charge in [-0.15, -0.1) is 0 Å². The predicted octanol–water partition coefficient (Wildman–Crippen LogP) is 1.33. The Kier molecular flexibility index (Phi) is 2.34. The van der Waals surface area contributed by atoms with E-state index in [0.29, 0.717) is 17.4 Å². The molecule has 10 heavy (non-hydrogen) atoms. The van der Waals surface area contributed by atoms with Gasteiger partial charge in [-0.3, -0.25) is 9.98 Å². The molecular weight excluding hydrogens is 150 g/mol. The van der Waals surface area contributed by atoms with Crippen LogP contribution < -0.4 is 0 Å². The maximum absolute atomic E-state index is 5.64. The third-order valence-corrected chi connectivity index (χ3v) is 1.30. The van der Waals surface area contributed by atoms with Crippen molar-refractivity contribution in [3.8, 4) is 0 Å². The topological polar surface area (TPSA) is 38.1 Å². The number of aromatic nitrogens is 2. The van der Waals surface area contributed by atoms with Crippen LogP contribution in [0.4, 0.5) is 0 Å². The SMILES string of the molecule is C=NCc1nccnc1Cl. The van der Waals surface area contributed by atoms with E-state index in [1.165, 1.54) is 6.20 Å². The fourth-order valence-electron chi connectivity index (χ4n) is 0.562. The van der Waals surface area contributed by atoms with Crippen molar-refractivity contribution in [2.75, 3.05) is 0 Å². The number of halogens is 1. The van der Waals surface area contributed by atoms with Crippen molar-refractivity contribution < 1.29 is 0 Å². The van der Waals surface area contributed by atoms with Crippen molar-refractivity contribution >= 4 is 18.3 Å². The average Bonchev–Trinajstić information content (AvgIpc) is 1.94. The Hall–Kier alpha value is -0.960. The number of hydrogen-bond donors (Lipinski definition) is 0. The molecule has 0 radical (unpaired) electrons. The lowest BCUT2D eigenvalue weighted by Gasteiger charge is -1.94. The highest BCUT2D eigenvalue weighted by Gasteiger charge is 1.97. The van der Waals surface area contributed by atoms with E-state index < -0.39 is 0 Å². The van der Waals surface area contributed by atoms with Crippen LogP contribution in [0.5, 0.6) is 0 Å². The van der Waals surface area contributed by atoms with Crippen LogP contribution in [0, 0.1) is 0 Å². The minimum atomic E-state index is 0.398. The highest BCUT2D eigenvalue weighted by molar-refractivity contribution is 6.29. The molecule has 0 fully saturated rings. The van der Waals surface area contributed by atoms with Crippen molar-refractivity contribution in [1.82, 2.24) is 9.97 Å². The molecule has 0 N–H and O–H groups in total. The van der Waals surface area contributed by atoms with Crippen LogP contribution in [0.25, 0.3) is 0 Å². The van der Waals surface area contributed by atoms with E-state index in [1.807, 2.05) is 0 Å². The maximum atomic E-state index is 5.64. The molecule has 1 heterocycles. The predicted molar refractivity (Wildman–Crippen MR) is 40.3 cm³/mol. The molecule has 0 saturated carbocycles. The molecular formula is C6H6ClN3. The molecule has 0 atom stereocenters. The van der Waals surface area contributed by atoms with Crippen LogP contribution in [-0.2, 0) is 6.54 Å². The van der Waals surface area contributed by atoms with Gasteiger partial charge in [0.25, 0.3) is 0 Å². The second kappa shape index (κ2) is 3.27. The van der Waals surface area contributed by atoms with Crippen molar-refractivity contribution in [2.24, 2.45) is 4.99 Å². The van der Waals surface area contributed by atoms with Gasteiger partial charge in [-0.25, -0.2) is 4.98 Å². The molecule has 0 aliphatic heterocycles. The average molecular weight is 156 g/mol. The highest BCUT2D eigenvalue weighted by atomic mass is 35.5. The minimum Gasteiger partial charge on any atom is -0.294 e. The molecule has 1 rings (SSSR count). The molecule has 0 aliphatic carbocycles. The molecule has 0 aliphatic rings. The molecule has 0 unspecified atom stereocenters. The Labute approximate surface area is 63.8 Å². The van der Waals surface area contributed by atoms with E-state index in [9.17, 15) is 0 Å². The van der Waals surface area contributed by atoms with Crippen molar-refractivity contribution in [2.45, 2.75) is 6.54 Å². The van der Waals surface area contributed by atoms with E-state index in [4.69, 9.17) is 11.6 Å². The summed E-state index contributed by atoms with van der Waals surface area (Å²) >= 11 is 5.64. The summed E-state index contributed by atoms with van der Waals surface area (Å²) in [6, 6.07) is 0. The first-order valence-electron chi connectivity index (χ1n) is 2.72. The van der Waals surface area contributed by atoms with Gasteiger partial charge in [-0.05, 0) is 6.72 Å². The summed E-state index contributed by atoms with van der Waals surface area (Å²) in [5.41, 5.74) is 0.666. The zero-order valence-electron chi connectivity index (χ0n) is 5.29. The van der Waals surface area contributed by atoms with Crippen LogP contribution in [0.1, 0.15) is 5.69 Å². The summed E-state index contributed by atoms with van der Waals surface area (Å²) in [5, 5.41) is 0.398. The smallest absolute Gasteiger partial charge is 0.152 e. The first-order valence-corrected chi connectivity index (χ1v) is 3.10. The summed E-state index contributed by atoms with van der Waals surface area (Å²) in [5.74, 6) is 0. The Bertz CT molecular complexity index is 236. The van der Waals surface area contributed by atoms with E-state index in [-0.39, 0.29) is 0 Å². The Balaban J connectivity index is 2.91. The highest BCUT2D eigenvalue weighted by Crippen LogP contribution is 2.08. The third kappa shape index (κ3) is 1.51. The van der Waals surface area contributed by atoms with Gasteiger partial charge in [0.15, 0.2) is 5.15 Å². The Morgan fingerprint density at radius 3 is 2.80 bits per heavy atom. The lowest BCUT2D eigenvalue weighted by atomic mass is 10.4. The maximum Gasteiger partial charge on any atom is 0.152 e. The van der Waals surface area contributed by atoms with Crippen LogP contribution >= 0.6 is 11.6 Å². The van der Waals surface area contributed by atoms with Crippen molar-refractivity contribution in [3.05, 3.63) is 23.2 Å². The van der Waals surface area contributed by atoms with E-state index in [0.717, 1.165) is 0 Å². The van der Waals surface area contributed by atoms with E-state index >= 15 is 0 Å². The molecule has 52 valence electrons. The number of rotatable bonds is 2. The van der Waals surface area contributed by atoms with Gasteiger partial charge >= 0.3 is 0 Å². The summed E-state index contributed by atoms with van der Waals surface area (Å²) in [6.07, 6.45) is 3.11. The quantitative estimate of drug-likeness (QED) is 0.605. The lowest BCUT2D eigenvalue weighted by molar-refractivity contribution is 0.971. The molecule has 1 aromatic heterocycles. The fourth-order valence-corrected chi connectivity index (χ4v) is 0.727. The Morgan fingerprint density at radius 2 is 2.20 bits per heavy atom. The normalized spacial score (nSPS) is 9.30. The summed E-state index contributed by atoms with van der Waals surface area (Å²) in [4.78, 5) is 11.4. The van der Waals surface area contributed by atoms with Gasteiger partial charge in [0, 0.05) is 12.4 Å². The zero-order chi connectivity index (χ0) is 7.40. The zero-order valence-corrected chi connectivity index (χ0v) is 6.04. The third-order valence-electron chi connectivity index (χ3n) is 0.985. The number of hydrogen-bond acceptors (Lipinski definition) is 3. The van der Waals surface area contributed by atoms with Gasteiger partial charge in [0.1, 0.15) is 0 Å². The molecule has 0 amide bonds. The summed E-state index contributed by atoms with van der Waals surface area (Å²) in [7, 11) is 0. The number of nitrogens with zero attached hydrogens (tertiary/aromatic N) is 3. The van der Waals surface area contributed by atoms with Crippen LogP contribution in [0.2, 0.25) is 5.15 Å². The monoisotopic (exact) mass is 155 g/mol. The molecule has 0 aromatic carbocycles. The van der Waals surface area contributed by atoms with Crippen LogP contribution in [0.3, 0.4) is 0 Å². The minimum absolute atomic E-state index is 0.398. The van der Waals surface area contributed by atoms with Crippen molar-refractivity contribution in [3.63, 3.8) is 0 Å². The van der Waals surface area contributed by atoms with Gasteiger partial charge < -0.3 is 0 Å². The standard InChI is InChI=1S/C6H6ClN3/c1-8-4-5-6(7)10-3-2-9-5/h2-3H,1,4H2. The Morgan fingerprint density at radius 1 is 1.50 bits per heavy atom. The van der Waals surface area contributed by atoms with Crippen molar-refractivity contribution in [1.29, 1.82) is 0 Å². The van der Waals surface area contributed by atoms with Gasteiger partial charge in [-0.1, -0.05) is 11.6 Å². The van der Waals surface area contributed by atoms with E-state index in [1.54, 1.807) is 6.20 Å². The molecule has 0 spiro atoms. The fraction of sp³-hybridized carbons (Fsp3) is 0.167.